The predicted molar refractivity (Wildman–Crippen MR) is 108 cm³/mol. The first-order valence-electron chi connectivity index (χ1n) is 8.39. The first kappa shape index (κ1) is 15.9. The zero-order valence-electron chi connectivity index (χ0n) is 14.0. The van der Waals surface area contributed by atoms with Crippen LogP contribution in [0, 0.1) is 0 Å². The van der Waals surface area contributed by atoms with E-state index in [-0.39, 0.29) is 0 Å². The molecule has 0 spiro atoms. The van der Waals surface area contributed by atoms with Crippen LogP contribution in [-0.2, 0) is 0 Å². The molecule has 0 aliphatic heterocycles. The minimum absolute atomic E-state index is 0.305. The maximum absolute atomic E-state index is 10.7. The van der Waals surface area contributed by atoms with Crippen LogP contribution in [-0.4, -0.2) is 16.4 Å². The molecule has 25 heavy (non-hydrogen) atoms. The SMILES string of the molecule is CCP(c1c(O)ccc2ccccc12)c1c(O)ccc2ccccc12. The lowest BCUT2D eigenvalue weighted by Gasteiger charge is -2.22. The summed E-state index contributed by atoms with van der Waals surface area (Å²) in [6.07, 6.45) is 0.846. The van der Waals surface area contributed by atoms with Gasteiger partial charge in [-0.25, -0.2) is 0 Å². The molecule has 0 aromatic heterocycles. The Balaban J connectivity index is 2.06. The Morgan fingerprint density at radius 3 is 1.52 bits per heavy atom. The summed E-state index contributed by atoms with van der Waals surface area (Å²) in [7, 11) is -0.890. The number of rotatable bonds is 3. The van der Waals surface area contributed by atoms with E-state index in [1.807, 2.05) is 36.4 Å². The van der Waals surface area contributed by atoms with Gasteiger partial charge in [-0.1, -0.05) is 67.6 Å². The highest BCUT2D eigenvalue weighted by molar-refractivity contribution is 7.74. The van der Waals surface area contributed by atoms with Gasteiger partial charge in [0.15, 0.2) is 0 Å². The molecule has 3 heteroatoms. The molecule has 0 heterocycles. The third kappa shape index (κ3) is 2.63. The lowest BCUT2D eigenvalue weighted by Crippen LogP contribution is -2.16. The molecule has 124 valence electrons. The summed E-state index contributed by atoms with van der Waals surface area (Å²) < 4.78 is 0. The van der Waals surface area contributed by atoms with Crippen LogP contribution in [0.25, 0.3) is 21.5 Å². The Morgan fingerprint density at radius 1 is 0.640 bits per heavy atom. The van der Waals surface area contributed by atoms with E-state index in [9.17, 15) is 10.2 Å². The summed E-state index contributed by atoms with van der Waals surface area (Å²) in [4.78, 5) is 0. The quantitative estimate of drug-likeness (QED) is 0.520. The minimum atomic E-state index is -0.890. The van der Waals surface area contributed by atoms with Gasteiger partial charge in [-0.15, -0.1) is 0 Å². The number of phenols is 2. The Labute approximate surface area is 148 Å². The van der Waals surface area contributed by atoms with Crippen LogP contribution in [0.2, 0.25) is 0 Å². The average molecular weight is 346 g/mol. The molecular weight excluding hydrogens is 327 g/mol. The van der Waals surface area contributed by atoms with Crippen molar-refractivity contribution in [3.05, 3.63) is 72.8 Å². The van der Waals surface area contributed by atoms with Crippen LogP contribution >= 0.6 is 7.92 Å². The molecular formula is C22H19O2P. The topological polar surface area (TPSA) is 40.5 Å². The Hall–Kier alpha value is -2.57. The number of hydrogen-bond donors (Lipinski definition) is 2. The molecule has 4 aromatic rings. The van der Waals surface area contributed by atoms with Crippen LogP contribution < -0.4 is 10.6 Å². The molecule has 0 bridgehead atoms. The van der Waals surface area contributed by atoms with Gasteiger partial charge in [0.05, 0.1) is 0 Å². The third-order valence-electron chi connectivity index (χ3n) is 4.61. The number of aromatic hydroxyl groups is 2. The van der Waals surface area contributed by atoms with Gasteiger partial charge in [-0.2, -0.15) is 0 Å². The van der Waals surface area contributed by atoms with E-state index in [4.69, 9.17) is 0 Å². The van der Waals surface area contributed by atoms with Crippen molar-refractivity contribution in [2.75, 3.05) is 6.16 Å². The summed E-state index contributed by atoms with van der Waals surface area (Å²) in [6, 6.07) is 23.7. The highest BCUT2D eigenvalue weighted by Gasteiger charge is 2.23. The summed E-state index contributed by atoms with van der Waals surface area (Å²) in [5.41, 5.74) is 0. The van der Waals surface area contributed by atoms with Gasteiger partial charge in [0.1, 0.15) is 11.5 Å². The van der Waals surface area contributed by atoms with Gasteiger partial charge in [-0.05, 0) is 47.8 Å². The zero-order valence-corrected chi connectivity index (χ0v) is 14.9. The van der Waals surface area contributed by atoms with Crippen LogP contribution in [0.1, 0.15) is 6.92 Å². The van der Waals surface area contributed by atoms with E-state index in [2.05, 4.69) is 31.2 Å². The molecule has 0 aliphatic rings. The summed E-state index contributed by atoms with van der Waals surface area (Å²) in [5, 5.41) is 27.6. The molecule has 4 aromatic carbocycles. The fourth-order valence-corrected chi connectivity index (χ4v) is 6.03. The second-order valence-corrected chi connectivity index (χ2v) is 8.44. The van der Waals surface area contributed by atoms with Gasteiger partial charge in [0.25, 0.3) is 0 Å². The van der Waals surface area contributed by atoms with Gasteiger partial charge >= 0.3 is 0 Å². The monoisotopic (exact) mass is 346 g/mol. The lowest BCUT2D eigenvalue weighted by atomic mass is 10.1. The average Bonchev–Trinajstić information content (AvgIpc) is 2.65. The zero-order chi connectivity index (χ0) is 17.4. The minimum Gasteiger partial charge on any atom is -0.507 e. The Kier molecular flexibility index (Phi) is 4.07. The van der Waals surface area contributed by atoms with Crippen molar-refractivity contribution in [2.45, 2.75) is 6.92 Å². The first-order valence-corrected chi connectivity index (χ1v) is 9.92. The fourth-order valence-electron chi connectivity index (χ4n) is 3.48. The molecule has 0 amide bonds. The van der Waals surface area contributed by atoms with E-state index >= 15 is 0 Å². The third-order valence-corrected chi connectivity index (χ3v) is 7.27. The van der Waals surface area contributed by atoms with Crippen molar-refractivity contribution in [2.24, 2.45) is 0 Å². The normalized spacial score (nSPS) is 11.4. The van der Waals surface area contributed by atoms with Gasteiger partial charge in [0.2, 0.25) is 0 Å². The van der Waals surface area contributed by atoms with Gasteiger partial charge < -0.3 is 10.2 Å². The van der Waals surface area contributed by atoms with E-state index in [0.29, 0.717) is 11.5 Å². The molecule has 4 rings (SSSR count). The van der Waals surface area contributed by atoms with Crippen LogP contribution in [0.3, 0.4) is 0 Å². The standard InChI is InChI=1S/C22H19O2P/c1-2-25(21-17-9-5-3-7-15(17)11-13-19(21)23)22-18-10-6-4-8-16(18)12-14-20(22)24/h3-14,23-24H,2H2,1H3. The Bertz CT molecular complexity index is 987. The molecule has 0 atom stereocenters. The highest BCUT2D eigenvalue weighted by Crippen LogP contribution is 2.44. The highest BCUT2D eigenvalue weighted by atomic mass is 31.1. The van der Waals surface area contributed by atoms with Crippen molar-refractivity contribution in [1.82, 2.24) is 0 Å². The molecule has 0 aliphatic carbocycles. The number of fused-ring (bicyclic) bond motifs is 2. The number of phenolic OH excluding ortho intramolecular Hbond substituents is 2. The second kappa shape index (κ2) is 6.38. The number of hydrogen-bond acceptors (Lipinski definition) is 2. The van der Waals surface area contributed by atoms with E-state index in [1.54, 1.807) is 12.1 Å². The predicted octanol–water partition coefficient (Wildman–Crippen LogP) is 4.86. The van der Waals surface area contributed by atoms with E-state index < -0.39 is 7.92 Å². The van der Waals surface area contributed by atoms with Crippen molar-refractivity contribution in [1.29, 1.82) is 0 Å². The van der Waals surface area contributed by atoms with Crippen LogP contribution in [0.5, 0.6) is 11.5 Å². The maximum atomic E-state index is 10.7. The second-order valence-electron chi connectivity index (χ2n) is 6.05. The molecule has 2 N–H and O–H groups in total. The number of benzene rings is 4. The van der Waals surface area contributed by atoms with Crippen molar-refractivity contribution < 1.29 is 10.2 Å². The lowest BCUT2D eigenvalue weighted by molar-refractivity contribution is 0.480. The summed E-state index contributed by atoms with van der Waals surface area (Å²) in [5.74, 6) is 0.609. The largest absolute Gasteiger partial charge is 0.507 e. The Morgan fingerprint density at radius 2 is 1.08 bits per heavy atom. The smallest absolute Gasteiger partial charge is 0.124 e. The van der Waals surface area contributed by atoms with Gasteiger partial charge in [-0.3, -0.25) is 0 Å². The summed E-state index contributed by atoms with van der Waals surface area (Å²) >= 11 is 0. The fraction of sp³-hybridized carbons (Fsp3) is 0.0909. The van der Waals surface area contributed by atoms with Crippen molar-refractivity contribution in [3.8, 4) is 11.5 Å². The molecule has 0 saturated heterocycles. The molecule has 0 radical (unpaired) electrons. The first-order chi connectivity index (χ1) is 12.2. The summed E-state index contributed by atoms with van der Waals surface area (Å²) in [6.45, 7) is 2.12. The van der Waals surface area contributed by atoms with Crippen LogP contribution in [0.15, 0.2) is 72.8 Å². The molecule has 0 unspecified atom stereocenters. The van der Waals surface area contributed by atoms with E-state index in [0.717, 1.165) is 38.3 Å². The maximum Gasteiger partial charge on any atom is 0.124 e. The van der Waals surface area contributed by atoms with Crippen molar-refractivity contribution >= 4 is 40.1 Å². The van der Waals surface area contributed by atoms with E-state index in [1.165, 1.54) is 0 Å². The molecule has 2 nitrogen and oxygen atoms in total. The van der Waals surface area contributed by atoms with Crippen LogP contribution in [0.4, 0.5) is 0 Å². The molecule has 0 fully saturated rings. The molecule has 0 saturated carbocycles. The van der Waals surface area contributed by atoms with Crippen molar-refractivity contribution in [3.63, 3.8) is 0 Å². The van der Waals surface area contributed by atoms with Gasteiger partial charge in [0, 0.05) is 10.6 Å².